The number of sulfonamides is 1. The summed E-state index contributed by atoms with van der Waals surface area (Å²) in [5, 5.41) is 0. The number of hydrogen-bond acceptors (Lipinski definition) is 5. The van der Waals surface area contributed by atoms with Gasteiger partial charge in [-0.3, -0.25) is 0 Å². The van der Waals surface area contributed by atoms with Crippen molar-refractivity contribution < 1.29 is 29.8 Å². The summed E-state index contributed by atoms with van der Waals surface area (Å²) in [6, 6.07) is 1.99. The van der Waals surface area contributed by atoms with Gasteiger partial charge in [-0.05, 0) is 18.2 Å². The van der Waals surface area contributed by atoms with Gasteiger partial charge in [0.15, 0.2) is 0 Å². The molecule has 0 amide bonds. The van der Waals surface area contributed by atoms with Crippen molar-refractivity contribution in [3.63, 3.8) is 0 Å². The molecule has 1 aromatic rings. The van der Waals surface area contributed by atoms with Crippen LogP contribution in [0.1, 0.15) is 0 Å². The summed E-state index contributed by atoms with van der Waals surface area (Å²) in [6.45, 7) is 0.595. The Morgan fingerprint density at radius 2 is 1.70 bits per heavy atom. The van der Waals surface area contributed by atoms with Gasteiger partial charge < -0.3 is 4.74 Å². The van der Waals surface area contributed by atoms with E-state index >= 15 is 0 Å². The van der Waals surface area contributed by atoms with Crippen LogP contribution in [0.3, 0.4) is 0 Å². The van der Waals surface area contributed by atoms with E-state index < -0.39 is 35.9 Å². The average molecular weight is 327 g/mol. The van der Waals surface area contributed by atoms with Crippen molar-refractivity contribution in [3.8, 4) is 0 Å². The van der Waals surface area contributed by atoms with Crippen molar-refractivity contribution in [1.82, 2.24) is 4.31 Å². The number of halogens is 2. The van der Waals surface area contributed by atoms with Crippen LogP contribution in [0.25, 0.3) is 0 Å². The van der Waals surface area contributed by atoms with Gasteiger partial charge in [-0.25, -0.2) is 12.8 Å². The van der Waals surface area contributed by atoms with Crippen molar-refractivity contribution in [2.24, 2.45) is 0 Å². The van der Waals surface area contributed by atoms with Crippen LogP contribution < -0.4 is 0 Å². The van der Waals surface area contributed by atoms with Gasteiger partial charge >= 0.3 is 10.2 Å². The second-order valence-corrected chi connectivity index (χ2v) is 7.30. The molecule has 10 heteroatoms. The minimum absolute atomic E-state index is 0.0947. The first kappa shape index (κ1) is 15.3. The smallest absolute Gasteiger partial charge is 0.335 e. The highest BCUT2D eigenvalue weighted by Crippen LogP contribution is 2.24. The summed E-state index contributed by atoms with van der Waals surface area (Å²) in [4.78, 5) is -1.76. The van der Waals surface area contributed by atoms with Crippen molar-refractivity contribution in [2.75, 3.05) is 26.3 Å². The first-order valence-electron chi connectivity index (χ1n) is 5.55. The fourth-order valence-electron chi connectivity index (χ4n) is 1.77. The molecule has 0 saturated carbocycles. The molecule has 0 N–H and O–H groups in total. The number of nitrogens with zero attached hydrogens (tertiary/aromatic N) is 1. The Bertz CT molecular complexity index is 711. The molecule has 0 aromatic heterocycles. The number of morpholine rings is 1. The minimum atomic E-state index is -5.33. The van der Waals surface area contributed by atoms with E-state index in [1.165, 1.54) is 0 Å². The highest BCUT2D eigenvalue weighted by Gasteiger charge is 2.29. The van der Waals surface area contributed by atoms with Crippen LogP contribution in [0.2, 0.25) is 0 Å². The van der Waals surface area contributed by atoms with Crippen LogP contribution in [0.4, 0.5) is 8.28 Å². The SMILES string of the molecule is O=S(=O)(F)c1cc(S(=O)(=O)N2CCOCC2)ccc1F. The first-order valence-corrected chi connectivity index (χ1v) is 8.37. The Kier molecular flexibility index (Phi) is 4.09. The molecule has 0 aliphatic carbocycles. The van der Waals surface area contributed by atoms with Crippen LogP contribution in [-0.4, -0.2) is 47.4 Å². The van der Waals surface area contributed by atoms with Gasteiger partial charge in [0.2, 0.25) is 10.0 Å². The molecule has 1 aliphatic rings. The summed E-state index contributed by atoms with van der Waals surface area (Å²) in [5.74, 6) is -1.34. The third kappa shape index (κ3) is 2.97. The molecular weight excluding hydrogens is 316 g/mol. The number of ether oxygens (including phenoxy) is 1. The molecule has 20 heavy (non-hydrogen) atoms. The molecule has 1 aliphatic heterocycles. The predicted octanol–water partition coefficient (Wildman–Crippen LogP) is 0.505. The van der Waals surface area contributed by atoms with Crippen molar-refractivity contribution in [1.29, 1.82) is 0 Å². The van der Waals surface area contributed by atoms with E-state index in [4.69, 9.17) is 4.74 Å². The molecule has 1 saturated heterocycles. The minimum Gasteiger partial charge on any atom is -0.379 e. The summed E-state index contributed by atoms with van der Waals surface area (Å²) >= 11 is 0. The maximum atomic E-state index is 13.2. The molecule has 1 heterocycles. The monoisotopic (exact) mass is 327 g/mol. The highest BCUT2D eigenvalue weighted by molar-refractivity contribution is 7.89. The summed E-state index contributed by atoms with van der Waals surface area (Å²) < 4.78 is 78.2. The molecular formula is C10H11F2NO5S2. The van der Waals surface area contributed by atoms with E-state index in [1.807, 2.05) is 0 Å². The van der Waals surface area contributed by atoms with Gasteiger partial charge in [0.05, 0.1) is 18.1 Å². The standard InChI is InChI=1S/C10H11F2NO5S2/c11-9-2-1-8(7-10(9)19(12,14)15)20(16,17)13-3-5-18-6-4-13/h1-2,7H,3-6H2. The van der Waals surface area contributed by atoms with E-state index in [9.17, 15) is 25.1 Å². The first-order chi connectivity index (χ1) is 9.23. The highest BCUT2D eigenvalue weighted by atomic mass is 32.3. The molecule has 0 spiro atoms. The lowest BCUT2D eigenvalue weighted by Crippen LogP contribution is -2.40. The molecule has 0 atom stereocenters. The fourth-order valence-corrected chi connectivity index (χ4v) is 3.85. The number of rotatable bonds is 3. The van der Waals surface area contributed by atoms with Crippen molar-refractivity contribution in [2.45, 2.75) is 9.79 Å². The van der Waals surface area contributed by atoms with Gasteiger partial charge in [-0.1, -0.05) is 0 Å². The average Bonchev–Trinajstić information content (AvgIpc) is 2.38. The lowest BCUT2D eigenvalue weighted by Gasteiger charge is -2.26. The van der Waals surface area contributed by atoms with Crippen LogP contribution in [0.5, 0.6) is 0 Å². The van der Waals surface area contributed by atoms with Gasteiger partial charge in [0.25, 0.3) is 0 Å². The van der Waals surface area contributed by atoms with Crippen LogP contribution in [0.15, 0.2) is 28.0 Å². The maximum Gasteiger partial charge on any atom is 0.335 e. The lowest BCUT2D eigenvalue weighted by molar-refractivity contribution is 0.0730. The maximum absolute atomic E-state index is 13.2. The Morgan fingerprint density at radius 1 is 1.10 bits per heavy atom. The van der Waals surface area contributed by atoms with E-state index in [0.717, 1.165) is 10.4 Å². The summed E-state index contributed by atoms with van der Waals surface area (Å²) in [7, 11) is -9.34. The summed E-state index contributed by atoms with van der Waals surface area (Å²) in [6.07, 6.45) is 0. The van der Waals surface area contributed by atoms with Crippen molar-refractivity contribution in [3.05, 3.63) is 24.0 Å². The number of hydrogen-bond donors (Lipinski definition) is 0. The molecule has 0 unspecified atom stereocenters. The molecule has 112 valence electrons. The molecule has 0 radical (unpaired) electrons. The normalized spacial score (nSPS) is 18.1. The van der Waals surface area contributed by atoms with Crippen molar-refractivity contribution >= 4 is 20.2 Å². The van der Waals surface area contributed by atoms with E-state index in [0.29, 0.717) is 12.1 Å². The second-order valence-electron chi connectivity index (χ2n) is 4.05. The zero-order valence-corrected chi connectivity index (χ0v) is 11.8. The second kappa shape index (κ2) is 5.35. The summed E-state index contributed by atoms with van der Waals surface area (Å²) in [5.41, 5.74) is 0. The number of benzene rings is 1. The zero-order valence-electron chi connectivity index (χ0n) is 10.1. The van der Waals surface area contributed by atoms with Gasteiger partial charge in [0.1, 0.15) is 10.7 Å². The molecule has 1 fully saturated rings. The van der Waals surface area contributed by atoms with Gasteiger partial charge in [0, 0.05) is 13.1 Å². The lowest BCUT2D eigenvalue weighted by atomic mass is 10.3. The third-order valence-corrected chi connectivity index (χ3v) is 5.51. The van der Waals surface area contributed by atoms with Crippen LogP contribution in [-0.2, 0) is 25.0 Å². The van der Waals surface area contributed by atoms with E-state index in [2.05, 4.69) is 0 Å². The zero-order chi connectivity index (χ0) is 15.0. The van der Waals surface area contributed by atoms with E-state index in [-0.39, 0.29) is 26.3 Å². The van der Waals surface area contributed by atoms with Crippen LogP contribution >= 0.6 is 0 Å². The molecule has 0 bridgehead atoms. The fraction of sp³-hybridized carbons (Fsp3) is 0.400. The largest absolute Gasteiger partial charge is 0.379 e. The molecule has 6 nitrogen and oxygen atoms in total. The Balaban J connectivity index is 2.47. The Labute approximate surface area is 115 Å². The molecule has 2 rings (SSSR count). The van der Waals surface area contributed by atoms with Gasteiger partial charge in [-0.2, -0.15) is 12.7 Å². The third-order valence-electron chi connectivity index (χ3n) is 2.77. The quantitative estimate of drug-likeness (QED) is 0.756. The predicted molar refractivity (Wildman–Crippen MR) is 64.3 cm³/mol. The Hall–Kier alpha value is -1.10. The Morgan fingerprint density at radius 3 is 2.25 bits per heavy atom. The molecule has 1 aromatic carbocycles. The van der Waals surface area contributed by atoms with Gasteiger partial charge in [-0.15, -0.1) is 3.89 Å². The van der Waals surface area contributed by atoms with Crippen LogP contribution in [0, 0.1) is 5.82 Å². The van der Waals surface area contributed by atoms with E-state index in [1.54, 1.807) is 0 Å². The topological polar surface area (TPSA) is 80.8 Å².